The van der Waals surface area contributed by atoms with Crippen LogP contribution < -0.4 is 5.32 Å². The average molecular weight is 376 g/mol. The van der Waals surface area contributed by atoms with Crippen molar-refractivity contribution in [1.29, 1.82) is 0 Å². The van der Waals surface area contributed by atoms with Crippen molar-refractivity contribution >= 4 is 17.2 Å². The summed E-state index contributed by atoms with van der Waals surface area (Å²) in [5, 5.41) is 3.69. The quantitative estimate of drug-likeness (QED) is 0.579. The maximum atomic E-state index is 12.7. The maximum absolute atomic E-state index is 12.7. The number of rotatable bonds is 5. The molecular formula is C19H16N6OS. The third-order valence-corrected chi connectivity index (χ3v) is 5.11. The first-order chi connectivity index (χ1) is 13.2. The van der Waals surface area contributed by atoms with E-state index in [0.29, 0.717) is 22.0 Å². The highest BCUT2D eigenvalue weighted by Crippen LogP contribution is 2.22. The maximum Gasteiger partial charge on any atom is 0.263 e. The summed E-state index contributed by atoms with van der Waals surface area (Å²) in [6.07, 6.45) is 10.5. The molecule has 0 saturated carbocycles. The SMILES string of the molecule is Cc1nc(-n2cccc2)sc1C(=O)NCc1nccnc1-c1cccnc1. The van der Waals surface area contributed by atoms with Gasteiger partial charge in [-0.05, 0) is 31.2 Å². The predicted molar refractivity (Wildman–Crippen MR) is 103 cm³/mol. The highest BCUT2D eigenvalue weighted by atomic mass is 32.1. The molecular weight excluding hydrogens is 360 g/mol. The molecule has 0 atom stereocenters. The molecule has 1 N–H and O–H groups in total. The lowest BCUT2D eigenvalue weighted by molar-refractivity contribution is 0.0953. The minimum Gasteiger partial charge on any atom is -0.346 e. The lowest BCUT2D eigenvalue weighted by Crippen LogP contribution is -2.23. The second kappa shape index (κ2) is 7.46. The molecule has 0 aliphatic carbocycles. The molecule has 0 saturated heterocycles. The second-order valence-electron chi connectivity index (χ2n) is 5.78. The largest absolute Gasteiger partial charge is 0.346 e. The van der Waals surface area contributed by atoms with Gasteiger partial charge in [0.15, 0.2) is 5.13 Å². The fraction of sp³-hybridized carbons (Fsp3) is 0.105. The molecule has 134 valence electrons. The summed E-state index contributed by atoms with van der Waals surface area (Å²) in [6.45, 7) is 2.11. The molecule has 4 aromatic heterocycles. The van der Waals surface area contributed by atoms with Crippen molar-refractivity contribution in [3.63, 3.8) is 0 Å². The fourth-order valence-corrected chi connectivity index (χ4v) is 3.60. The number of carbonyl (C=O) groups excluding carboxylic acids is 1. The van der Waals surface area contributed by atoms with E-state index in [1.54, 1.807) is 24.8 Å². The van der Waals surface area contributed by atoms with Crippen molar-refractivity contribution in [2.45, 2.75) is 13.5 Å². The Morgan fingerprint density at radius 3 is 2.74 bits per heavy atom. The Kier molecular flexibility index (Phi) is 4.71. The van der Waals surface area contributed by atoms with Crippen LogP contribution in [0.5, 0.6) is 0 Å². The molecule has 0 aromatic carbocycles. The van der Waals surface area contributed by atoms with Crippen LogP contribution >= 0.6 is 11.3 Å². The van der Waals surface area contributed by atoms with Gasteiger partial charge in [0.1, 0.15) is 4.88 Å². The third-order valence-electron chi connectivity index (χ3n) is 3.94. The molecule has 0 unspecified atom stereocenters. The van der Waals surface area contributed by atoms with Crippen LogP contribution in [-0.2, 0) is 6.54 Å². The van der Waals surface area contributed by atoms with Crippen LogP contribution in [0.4, 0.5) is 0 Å². The molecule has 0 aliphatic rings. The number of nitrogens with zero attached hydrogens (tertiary/aromatic N) is 5. The molecule has 27 heavy (non-hydrogen) atoms. The number of nitrogens with one attached hydrogen (secondary N) is 1. The van der Waals surface area contributed by atoms with E-state index >= 15 is 0 Å². The number of thiazole rings is 1. The van der Waals surface area contributed by atoms with Gasteiger partial charge in [-0.3, -0.25) is 19.7 Å². The van der Waals surface area contributed by atoms with Crippen LogP contribution in [0.1, 0.15) is 21.1 Å². The highest BCUT2D eigenvalue weighted by Gasteiger charge is 2.17. The smallest absolute Gasteiger partial charge is 0.263 e. The zero-order valence-corrected chi connectivity index (χ0v) is 15.3. The Morgan fingerprint density at radius 1 is 1.15 bits per heavy atom. The van der Waals surface area contributed by atoms with Crippen molar-refractivity contribution in [3.05, 3.63) is 77.7 Å². The first-order valence-electron chi connectivity index (χ1n) is 8.31. The Morgan fingerprint density at radius 2 is 1.96 bits per heavy atom. The molecule has 4 heterocycles. The molecule has 0 radical (unpaired) electrons. The van der Waals surface area contributed by atoms with Crippen LogP contribution in [0.2, 0.25) is 0 Å². The zero-order chi connectivity index (χ0) is 18.6. The predicted octanol–water partition coefficient (Wildman–Crippen LogP) is 3.02. The Labute approximate surface area is 159 Å². The van der Waals surface area contributed by atoms with E-state index in [0.717, 1.165) is 10.7 Å². The van der Waals surface area contributed by atoms with Crippen molar-refractivity contribution in [3.8, 4) is 16.4 Å². The van der Waals surface area contributed by atoms with Crippen LogP contribution in [0.25, 0.3) is 16.4 Å². The van der Waals surface area contributed by atoms with Crippen molar-refractivity contribution in [1.82, 2.24) is 29.8 Å². The van der Waals surface area contributed by atoms with E-state index in [9.17, 15) is 4.79 Å². The summed E-state index contributed by atoms with van der Waals surface area (Å²) < 4.78 is 1.89. The lowest BCUT2D eigenvalue weighted by atomic mass is 10.1. The minimum atomic E-state index is -0.175. The van der Waals surface area contributed by atoms with Gasteiger partial charge in [0.05, 0.1) is 23.6 Å². The van der Waals surface area contributed by atoms with Crippen LogP contribution in [-0.4, -0.2) is 30.4 Å². The monoisotopic (exact) mass is 376 g/mol. The van der Waals surface area contributed by atoms with Gasteiger partial charge in [-0.2, -0.15) is 0 Å². The van der Waals surface area contributed by atoms with Crippen molar-refractivity contribution < 1.29 is 4.79 Å². The minimum absolute atomic E-state index is 0.175. The fourth-order valence-electron chi connectivity index (χ4n) is 2.65. The summed E-state index contributed by atoms with van der Waals surface area (Å²) in [7, 11) is 0. The molecule has 8 heteroatoms. The van der Waals surface area contributed by atoms with Crippen LogP contribution in [0, 0.1) is 6.92 Å². The first-order valence-corrected chi connectivity index (χ1v) is 9.13. The summed E-state index contributed by atoms with van der Waals surface area (Å²) in [4.78, 5) is 30.6. The van der Waals surface area contributed by atoms with Gasteiger partial charge in [-0.15, -0.1) is 0 Å². The topological polar surface area (TPSA) is 85.6 Å². The normalized spacial score (nSPS) is 10.7. The highest BCUT2D eigenvalue weighted by molar-refractivity contribution is 7.16. The summed E-state index contributed by atoms with van der Waals surface area (Å²) in [5.41, 5.74) is 2.96. The number of carbonyl (C=O) groups is 1. The van der Waals surface area contributed by atoms with Gasteiger partial charge in [0, 0.05) is 42.7 Å². The molecule has 4 rings (SSSR count). The summed E-state index contributed by atoms with van der Waals surface area (Å²) in [5.74, 6) is -0.175. The number of aryl methyl sites for hydroxylation is 1. The molecule has 0 bridgehead atoms. The first kappa shape index (κ1) is 17.0. The van der Waals surface area contributed by atoms with Gasteiger partial charge in [-0.1, -0.05) is 11.3 Å². The van der Waals surface area contributed by atoms with Gasteiger partial charge >= 0.3 is 0 Å². The van der Waals surface area contributed by atoms with E-state index in [2.05, 4.69) is 25.3 Å². The molecule has 7 nitrogen and oxygen atoms in total. The van der Waals surface area contributed by atoms with E-state index in [1.807, 2.05) is 48.1 Å². The van der Waals surface area contributed by atoms with E-state index in [-0.39, 0.29) is 12.5 Å². The molecule has 0 spiro atoms. The van der Waals surface area contributed by atoms with Crippen molar-refractivity contribution in [2.24, 2.45) is 0 Å². The molecule has 1 amide bonds. The number of pyridine rings is 1. The number of hydrogen-bond acceptors (Lipinski definition) is 6. The number of amides is 1. The van der Waals surface area contributed by atoms with Gasteiger partial charge in [0.25, 0.3) is 5.91 Å². The average Bonchev–Trinajstić information content (AvgIpc) is 3.37. The second-order valence-corrected chi connectivity index (χ2v) is 6.75. The molecule has 0 aliphatic heterocycles. The van der Waals surface area contributed by atoms with E-state index in [4.69, 9.17) is 0 Å². The zero-order valence-electron chi connectivity index (χ0n) is 14.5. The van der Waals surface area contributed by atoms with Crippen LogP contribution in [0.3, 0.4) is 0 Å². The molecule has 4 aromatic rings. The number of aromatic nitrogens is 5. The Balaban J connectivity index is 1.53. The molecule has 0 fully saturated rings. The third kappa shape index (κ3) is 3.61. The van der Waals surface area contributed by atoms with Gasteiger partial charge < -0.3 is 9.88 Å². The van der Waals surface area contributed by atoms with Crippen molar-refractivity contribution in [2.75, 3.05) is 0 Å². The Hall–Kier alpha value is -3.39. The summed E-state index contributed by atoms with van der Waals surface area (Å²) >= 11 is 1.35. The Bertz CT molecular complexity index is 1060. The van der Waals surface area contributed by atoms with Gasteiger partial charge in [-0.25, -0.2) is 4.98 Å². The lowest BCUT2D eigenvalue weighted by Gasteiger charge is -2.08. The number of hydrogen-bond donors (Lipinski definition) is 1. The standard InChI is InChI=1S/C19H16N6OS/c1-13-17(27-19(24-13)25-9-2-3-10-25)18(26)23-12-15-16(22-8-7-21-15)14-5-4-6-20-11-14/h2-11H,12H2,1H3,(H,23,26). The van der Waals surface area contributed by atoms with E-state index < -0.39 is 0 Å². The summed E-state index contributed by atoms with van der Waals surface area (Å²) in [6, 6.07) is 7.60. The van der Waals surface area contributed by atoms with E-state index in [1.165, 1.54) is 11.3 Å². The van der Waals surface area contributed by atoms with Gasteiger partial charge in [0.2, 0.25) is 0 Å². The van der Waals surface area contributed by atoms with Crippen LogP contribution in [0.15, 0.2) is 61.4 Å².